The van der Waals surface area contributed by atoms with Gasteiger partial charge in [-0.25, -0.2) is 4.39 Å². The van der Waals surface area contributed by atoms with Crippen LogP contribution in [-0.4, -0.2) is 42.8 Å². The van der Waals surface area contributed by atoms with Crippen molar-refractivity contribution in [1.29, 1.82) is 0 Å². The predicted octanol–water partition coefficient (Wildman–Crippen LogP) is 0.778. The lowest BCUT2D eigenvalue weighted by molar-refractivity contribution is -0.142. The van der Waals surface area contributed by atoms with Crippen LogP contribution in [0.3, 0.4) is 0 Å². The van der Waals surface area contributed by atoms with Gasteiger partial charge in [-0.3, -0.25) is 19.3 Å². The summed E-state index contributed by atoms with van der Waals surface area (Å²) in [7, 11) is 1.45. The third kappa shape index (κ3) is 3.88. The molecule has 1 unspecified atom stereocenters. The van der Waals surface area contributed by atoms with Crippen molar-refractivity contribution >= 4 is 17.7 Å². The maximum atomic E-state index is 13.2. The average molecular weight is 308 g/mol. The van der Waals surface area contributed by atoms with E-state index in [-0.39, 0.29) is 43.6 Å². The molecule has 1 N–H and O–H groups in total. The number of carbonyl (C=O) groups excluding carboxylic acids is 3. The molecule has 1 heterocycles. The second-order valence-corrected chi connectivity index (χ2v) is 4.96. The van der Waals surface area contributed by atoms with Crippen molar-refractivity contribution in [3.63, 3.8) is 0 Å². The van der Waals surface area contributed by atoms with Crippen LogP contribution in [0.4, 0.5) is 4.39 Å². The first-order valence-corrected chi connectivity index (χ1v) is 6.89. The number of hydrogen-bond donors (Lipinski definition) is 1. The Bertz CT molecular complexity index is 575. The number of nitrogens with zero attached hydrogens (tertiary/aromatic N) is 1. The molecule has 0 bridgehead atoms. The van der Waals surface area contributed by atoms with Crippen molar-refractivity contribution in [3.8, 4) is 0 Å². The van der Waals surface area contributed by atoms with E-state index in [4.69, 9.17) is 4.74 Å². The summed E-state index contributed by atoms with van der Waals surface area (Å²) in [5.74, 6) is -1.52. The fourth-order valence-electron chi connectivity index (χ4n) is 2.25. The Hall–Kier alpha value is -2.28. The van der Waals surface area contributed by atoms with Gasteiger partial charge in [0.1, 0.15) is 12.4 Å². The van der Waals surface area contributed by atoms with Gasteiger partial charge in [-0.15, -0.1) is 0 Å². The fraction of sp³-hybridized carbons (Fsp3) is 0.400. The molecule has 1 saturated heterocycles. The van der Waals surface area contributed by atoms with Crippen LogP contribution in [0.1, 0.15) is 24.5 Å². The molecule has 0 saturated carbocycles. The molecule has 22 heavy (non-hydrogen) atoms. The number of ether oxygens (including phenoxy) is 1. The van der Waals surface area contributed by atoms with E-state index in [1.54, 1.807) is 12.1 Å². The van der Waals surface area contributed by atoms with Crippen LogP contribution in [0.2, 0.25) is 0 Å². The van der Waals surface area contributed by atoms with Crippen LogP contribution >= 0.6 is 0 Å². The Labute approximate surface area is 127 Å². The standard InChI is InChI=1S/C15H17FN2O4/c1-22-12(10-3-2-4-11(16)7-10)8-17-13(19)9-18-14(20)5-6-15(18)21/h2-4,7,12H,5-6,8-9H2,1H3,(H,17,19). The summed E-state index contributed by atoms with van der Waals surface area (Å²) in [6, 6.07) is 5.89. The Morgan fingerprint density at radius 2 is 2.05 bits per heavy atom. The normalized spacial score (nSPS) is 16.0. The topological polar surface area (TPSA) is 75.7 Å². The van der Waals surface area contributed by atoms with E-state index in [9.17, 15) is 18.8 Å². The molecule has 7 heteroatoms. The van der Waals surface area contributed by atoms with Gasteiger partial charge in [-0.05, 0) is 17.7 Å². The number of hydrogen-bond acceptors (Lipinski definition) is 4. The molecule has 1 aromatic rings. The molecule has 1 aliphatic heterocycles. The van der Waals surface area contributed by atoms with Gasteiger partial charge in [0, 0.05) is 26.5 Å². The summed E-state index contributed by atoms with van der Waals surface area (Å²) in [4.78, 5) is 35.6. The molecule has 1 fully saturated rings. The number of benzene rings is 1. The van der Waals surface area contributed by atoms with Crippen LogP contribution < -0.4 is 5.32 Å². The van der Waals surface area contributed by atoms with E-state index in [1.165, 1.54) is 19.2 Å². The minimum Gasteiger partial charge on any atom is -0.375 e. The van der Waals surface area contributed by atoms with Crippen molar-refractivity contribution in [2.45, 2.75) is 18.9 Å². The third-order valence-corrected chi connectivity index (χ3v) is 3.45. The maximum Gasteiger partial charge on any atom is 0.240 e. The highest BCUT2D eigenvalue weighted by Gasteiger charge is 2.30. The second kappa shape index (κ2) is 7.13. The first-order valence-electron chi connectivity index (χ1n) is 6.89. The maximum absolute atomic E-state index is 13.2. The van der Waals surface area contributed by atoms with Crippen LogP contribution in [-0.2, 0) is 19.1 Å². The molecule has 0 radical (unpaired) electrons. The lowest BCUT2D eigenvalue weighted by Gasteiger charge is -2.18. The van der Waals surface area contributed by atoms with E-state index in [2.05, 4.69) is 5.32 Å². The Balaban J connectivity index is 1.89. The molecule has 1 aromatic carbocycles. The van der Waals surface area contributed by atoms with Gasteiger partial charge in [0.05, 0.1) is 6.10 Å². The number of nitrogens with one attached hydrogen (secondary N) is 1. The summed E-state index contributed by atoms with van der Waals surface area (Å²) in [5.41, 5.74) is 0.594. The van der Waals surface area contributed by atoms with Crippen molar-refractivity contribution in [2.75, 3.05) is 20.2 Å². The van der Waals surface area contributed by atoms with E-state index in [1.807, 2.05) is 0 Å². The van der Waals surface area contributed by atoms with Gasteiger partial charge in [0.2, 0.25) is 17.7 Å². The molecule has 0 aromatic heterocycles. The van der Waals surface area contributed by atoms with Crippen LogP contribution in [0.5, 0.6) is 0 Å². The highest BCUT2D eigenvalue weighted by molar-refractivity contribution is 6.04. The summed E-state index contributed by atoms with van der Waals surface area (Å²) < 4.78 is 18.4. The fourth-order valence-corrected chi connectivity index (χ4v) is 2.25. The average Bonchev–Trinajstić information content (AvgIpc) is 2.80. The zero-order chi connectivity index (χ0) is 16.1. The number of carbonyl (C=O) groups is 3. The Kier molecular flexibility index (Phi) is 5.21. The van der Waals surface area contributed by atoms with Crippen LogP contribution in [0.15, 0.2) is 24.3 Å². The molecular formula is C15H17FN2O4. The molecule has 1 aliphatic rings. The highest BCUT2D eigenvalue weighted by Crippen LogP contribution is 2.17. The van der Waals surface area contributed by atoms with E-state index in [0.29, 0.717) is 5.56 Å². The van der Waals surface area contributed by atoms with Crippen molar-refractivity contribution < 1.29 is 23.5 Å². The number of rotatable bonds is 6. The lowest BCUT2D eigenvalue weighted by atomic mass is 10.1. The van der Waals surface area contributed by atoms with Gasteiger partial charge in [-0.1, -0.05) is 12.1 Å². The number of amides is 3. The number of imide groups is 1. The SMILES string of the molecule is COC(CNC(=O)CN1C(=O)CCC1=O)c1cccc(F)c1. The quantitative estimate of drug-likeness (QED) is 0.788. The molecule has 6 nitrogen and oxygen atoms in total. The molecule has 118 valence electrons. The van der Waals surface area contributed by atoms with Gasteiger partial charge in [0.15, 0.2) is 0 Å². The Morgan fingerprint density at radius 1 is 1.36 bits per heavy atom. The molecule has 1 atom stereocenters. The predicted molar refractivity (Wildman–Crippen MR) is 75.1 cm³/mol. The lowest BCUT2D eigenvalue weighted by Crippen LogP contribution is -2.41. The van der Waals surface area contributed by atoms with Gasteiger partial charge in [0.25, 0.3) is 0 Å². The molecule has 2 rings (SSSR count). The number of halogens is 1. The van der Waals surface area contributed by atoms with E-state index < -0.39 is 12.0 Å². The monoisotopic (exact) mass is 308 g/mol. The first kappa shape index (κ1) is 16.1. The largest absolute Gasteiger partial charge is 0.375 e. The number of likely N-dealkylation sites (tertiary alicyclic amines) is 1. The van der Waals surface area contributed by atoms with Gasteiger partial charge < -0.3 is 10.1 Å². The first-order chi connectivity index (χ1) is 10.5. The minimum absolute atomic E-state index is 0.120. The number of methoxy groups -OCH3 is 1. The summed E-state index contributed by atoms with van der Waals surface area (Å²) in [6.07, 6.45) is -0.212. The minimum atomic E-state index is -0.510. The van der Waals surface area contributed by atoms with Crippen molar-refractivity contribution in [3.05, 3.63) is 35.6 Å². The summed E-state index contributed by atoms with van der Waals surface area (Å²) in [5, 5.41) is 2.59. The third-order valence-electron chi connectivity index (χ3n) is 3.45. The summed E-state index contributed by atoms with van der Waals surface area (Å²) in [6.45, 7) is -0.174. The molecule has 0 aliphatic carbocycles. The van der Waals surface area contributed by atoms with Gasteiger partial charge >= 0.3 is 0 Å². The Morgan fingerprint density at radius 3 is 2.64 bits per heavy atom. The van der Waals surface area contributed by atoms with Crippen LogP contribution in [0.25, 0.3) is 0 Å². The zero-order valence-corrected chi connectivity index (χ0v) is 12.2. The van der Waals surface area contributed by atoms with Gasteiger partial charge in [-0.2, -0.15) is 0 Å². The molecular weight excluding hydrogens is 291 g/mol. The van der Waals surface area contributed by atoms with Crippen molar-refractivity contribution in [1.82, 2.24) is 10.2 Å². The molecule has 0 spiro atoms. The smallest absolute Gasteiger partial charge is 0.240 e. The zero-order valence-electron chi connectivity index (χ0n) is 12.2. The van der Waals surface area contributed by atoms with Crippen LogP contribution in [0, 0.1) is 5.82 Å². The van der Waals surface area contributed by atoms with Crippen molar-refractivity contribution in [2.24, 2.45) is 0 Å². The van der Waals surface area contributed by atoms with E-state index in [0.717, 1.165) is 4.90 Å². The summed E-state index contributed by atoms with van der Waals surface area (Å²) >= 11 is 0. The second-order valence-electron chi connectivity index (χ2n) is 4.96. The van der Waals surface area contributed by atoms with E-state index >= 15 is 0 Å². The highest BCUT2D eigenvalue weighted by atomic mass is 19.1. The molecule has 3 amide bonds.